The summed E-state index contributed by atoms with van der Waals surface area (Å²) in [6.45, 7) is 2.94. The fraction of sp³-hybridized carbons (Fsp3) is 0.357. The first-order valence-corrected chi connectivity index (χ1v) is 15.5. The lowest BCUT2D eigenvalue weighted by atomic mass is 10.1. The summed E-state index contributed by atoms with van der Waals surface area (Å²) in [5.74, 6) is -0.977. The molecular weight excluding hydrogens is 585 g/mol. The van der Waals surface area contributed by atoms with Gasteiger partial charge in [0.2, 0.25) is 5.28 Å². The second-order valence-electron chi connectivity index (χ2n) is 9.98. The van der Waals surface area contributed by atoms with Gasteiger partial charge in [-0.3, -0.25) is 13.9 Å². The van der Waals surface area contributed by atoms with Gasteiger partial charge < -0.3 is 24.8 Å². The minimum Gasteiger partial charge on any atom is -0.458 e. The average molecular weight is 616 g/mol. The van der Waals surface area contributed by atoms with Crippen LogP contribution in [0.15, 0.2) is 67.0 Å². The fourth-order valence-corrected chi connectivity index (χ4v) is 6.98. The highest BCUT2D eigenvalue weighted by molar-refractivity contribution is 7.54. The van der Waals surface area contributed by atoms with Crippen LogP contribution >= 0.6 is 19.2 Å². The molecule has 3 heterocycles. The van der Waals surface area contributed by atoms with Gasteiger partial charge in [-0.25, -0.2) is 9.55 Å². The van der Waals surface area contributed by atoms with E-state index in [1.54, 1.807) is 48.7 Å². The van der Waals surface area contributed by atoms with Gasteiger partial charge in [0, 0.05) is 6.42 Å². The van der Waals surface area contributed by atoms with Crippen LogP contribution in [0.5, 0.6) is 5.75 Å². The maximum atomic E-state index is 14.3. The van der Waals surface area contributed by atoms with E-state index in [0.29, 0.717) is 16.9 Å². The molecule has 0 saturated carbocycles. The molecule has 3 N–H and O–H groups in total. The Labute approximate surface area is 247 Å². The number of fused-ring (bicyclic) bond motifs is 1. The molecule has 2 aromatic heterocycles. The van der Waals surface area contributed by atoms with Crippen LogP contribution in [0.3, 0.4) is 0 Å². The molecule has 5 rings (SSSR count). The Morgan fingerprint density at radius 1 is 1.17 bits per heavy atom. The van der Waals surface area contributed by atoms with Crippen molar-refractivity contribution in [1.82, 2.24) is 19.5 Å². The van der Waals surface area contributed by atoms with E-state index < -0.39 is 50.6 Å². The van der Waals surface area contributed by atoms with Crippen molar-refractivity contribution in [3.63, 3.8) is 0 Å². The monoisotopic (exact) mass is 615 g/mol. The van der Waals surface area contributed by atoms with Gasteiger partial charge in [0.15, 0.2) is 11.5 Å². The van der Waals surface area contributed by atoms with E-state index in [1.165, 1.54) is 6.33 Å². The molecule has 42 heavy (non-hydrogen) atoms. The minimum absolute atomic E-state index is 0.0607. The second kappa shape index (κ2) is 12.8. The van der Waals surface area contributed by atoms with Crippen LogP contribution in [-0.4, -0.2) is 55.6 Å². The van der Waals surface area contributed by atoms with Gasteiger partial charge in [0.05, 0.1) is 25.0 Å². The first-order valence-electron chi connectivity index (χ1n) is 13.3. The van der Waals surface area contributed by atoms with Crippen LogP contribution in [0.2, 0.25) is 5.28 Å². The number of carbonyl (C=O) groups is 1. The average Bonchev–Trinajstić information content (AvgIpc) is 3.57. The van der Waals surface area contributed by atoms with E-state index in [0.717, 1.165) is 5.56 Å². The fourth-order valence-electron chi connectivity index (χ4n) is 4.71. The summed E-state index contributed by atoms with van der Waals surface area (Å²) in [6, 6.07) is 17.8. The van der Waals surface area contributed by atoms with E-state index in [4.69, 9.17) is 35.9 Å². The van der Waals surface area contributed by atoms with Crippen LogP contribution in [0.1, 0.15) is 38.2 Å². The molecule has 1 saturated heterocycles. The molecule has 2 aromatic carbocycles. The Bertz CT molecular complexity index is 1580. The van der Waals surface area contributed by atoms with Gasteiger partial charge in [-0.2, -0.15) is 9.97 Å². The molecule has 222 valence electrons. The van der Waals surface area contributed by atoms with E-state index in [9.17, 15) is 14.5 Å². The van der Waals surface area contributed by atoms with Gasteiger partial charge in [-0.1, -0.05) is 55.5 Å². The highest BCUT2D eigenvalue weighted by Gasteiger charge is 2.44. The quantitative estimate of drug-likeness (QED) is 0.134. The number of aliphatic hydroxyl groups excluding tert-OH is 1. The number of imidazole rings is 1. The summed E-state index contributed by atoms with van der Waals surface area (Å²) in [6.07, 6.45) is -1.58. The predicted octanol–water partition coefficient (Wildman–Crippen LogP) is 4.94. The topological polar surface area (TPSA) is 161 Å². The highest BCUT2D eigenvalue weighted by Crippen LogP contribution is 2.53. The third-order valence-corrected chi connectivity index (χ3v) is 9.08. The Morgan fingerprint density at radius 2 is 1.86 bits per heavy atom. The SMILES string of the molecule is C[C@H](CP(=O)(Oc1ccccc1)OC1C[C@H](n2cnc3c(N)nc(Cl)nc32)O[C@@H]1CO)C(=O)O[C@@H](C)c1ccccc1. The van der Waals surface area contributed by atoms with Crippen LogP contribution < -0.4 is 10.3 Å². The second-order valence-corrected chi connectivity index (χ2v) is 12.3. The number of ether oxygens (including phenoxy) is 2. The molecule has 0 aliphatic carbocycles. The molecule has 0 bridgehead atoms. The largest absolute Gasteiger partial charge is 0.458 e. The molecule has 1 fully saturated rings. The van der Waals surface area contributed by atoms with E-state index in [-0.39, 0.29) is 23.7 Å². The molecule has 2 unspecified atom stereocenters. The minimum atomic E-state index is -4.02. The number of aliphatic hydroxyl groups is 1. The molecule has 14 heteroatoms. The van der Waals surface area contributed by atoms with Crippen LogP contribution in [-0.2, 0) is 23.4 Å². The molecule has 1 aliphatic rings. The maximum absolute atomic E-state index is 14.3. The lowest BCUT2D eigenvalue weighted by Gasteiger charge is -2.26. The van der Waals surface area contributed by atoms with Gasteiger partial charge in [-0.05, 0) is 36.2 Å². The van der Waals surface area contributed by atoms with Crippen LogP contribution in [0.25, 0.3) is 11.2 Å². The number of aromatic nitrogens is 4. The Hall–Kier alpha value is -3.54. The van der Waals surface area contributed by atoms with Gasteiger partial charge in [0.1, 0.15) is 35.8 Å². The molecule has 1 aliphatic heterocycles. The van der Waals surface area contributed by atoms with Crippen molar-refractivity contribution in [2.75, 3.05) is 18.5 Å². The Morgan fingerprint density at radius 3 is 2.55 bits per heavy atom. The van der Waals surface area contributed by atoms with E-state index in [1.807, 2.05) is 30.3 Å². The van der Waals surface area contributed by atoms with Crippen molar-refractivity contribution in [3.8, 4) is 5.75 Å². The van der Waals surface area contributed by atoms with E-state index in [2.05, 4.69) is 15.0 Å². The summed E-state index contributed by atoms with van der Waals surface area (Å²) < 4.78 is 39.6. The van der Waals surface area contributed by atoms with Gasteiger partial charge in [0.25, 0.3) is 0 Å². The van der Waals surface area contributed by atoms with Gasteiger partial charge in [-0.15, -0.1) is 0 Å². The summed E-state index contributed by atoms with van der Waals surface area (Å²) in [7, 11) is -4.02. The summed E-state index contributed by atoms with van der Waals surface area (Å²) >= 11 is 6.01. The Kier molecular flexibility index (Phi) is 9.10. The summed E-state index contributed by atoms with van der Waals surface area (Å²) in [5, 5.41) is 10.1. The third-order valence-electron chi connectivity index (χ3n) is 6.84. The first-order chi connectivity index (χ1) is 20.2. The normalized spacial score (nSPS) is 21.5. The number of carbonyl (C=O) groups excluding carboxylic acids is 1. The van der Waals surface area contributed by atoms with Crippen molar-refractivity contribution in [3.05, 3.63) is 77.8 Å². The number of esters is 1. The molecule has 0 radical (unpaired) electrons. The molecule has 0 spiro atoms. The molecule has 6 atom stereocenters. The summed E-state index contributed by atoms with van der Waals surface area (Å²) in [4.78, 5) is 25.4. The summed E-state index contributed by atoms with van der Waals surface area (Å²) in [5.41, 5.74) is 7.44. The lowest BCUT2D eigenvalue weighted by molar-refractivity contribution is -0.152. The van der Waals surface area contributed by atoms with Crippen molar-refractivity contribution in [2.45, 2.75) is 44.8 Å². The van der Waals surface area contributed by atoms with Gasteiger partial charge >= 0.3 is 13.6 Å². The van der Waals surface area contributed by atoms with E-state index >= 15 is 0 Å². The number of hydrogen-bond acceptors (Lipinski definition) is 11. The standard InChI is InChI=1S/C28H31ClN5O7P/c1-17(27(36)38-18(2)19-9-5-3-6-10-19)15-42(37,40-20-11-7-4-8-12-20)41-21-13-23(39-22(21)14-35)34-16-31-24-25(30)32-28(29)33-26(24)34/h3-12,16-18,21-23,35H,13-15H2,1-2H3,(H2,30,32,33)/t17-,18+,21?,22-,23-,42?/m1/s1. The maximum Gasteiger partial charge on any atom is 0.380 e. The zero-order valence-electron chi connectivity index (χ0n) is 22.9. The molecule has 12 nitrogen and oxygen atoms in total. The highest BCUT2D eigenvalue weighted by atomic mass is 35.5. The number of nitrogens with two attached hydrogens (primary N) is 1. The van der Waals surface area contributed by atoms with Crippen LogP contribution in [0, 0.1) is 5.92 Å². The number of benzene rings is 2. The number of rotatable bonds is 11. The lowest BCUT2D eigenvalue weighted by Crippen LogP contribution is -2.29. The van der Waals surface area contributed by atoms with Crippen LogP contribution in [0.4, 0.5) is 5.82 Å². The van der Waals surface area contributed by atoms with Crippen molar-refractivity contribution >= 4 is 42.1 Å². The predicted molar refractivity (Wildman–Crippen MR) is 155 cm³/mol. The van der Waals surface area contributed by atoms with Crippen molar-refractivity contribution in [2.24, 2.45) is 5.92 Å². The molecular formula is C28H31ClN5O7P. The van der Waals surface area contributed by atoms with Crippen molar-refractivity contribution in [1.29, 1.82) is 0 Å². The number of anilines is 1. The Balaban J connectivity index is 1.35. The third kappa shape index (κ3) is 6.74. The number of halogens is 1. The zero-order chi connectivity index (χ0) is 29.9. The number of para-hydroxylation sites is 1. The molecule has 0 amide bonds. The zero-order valence-corrected chi connectivity index (χ0v) is 24.6. The smallest absolute Gasteiger partial charge is 0.380 e. The number of hydrogen-bond donors (Lipinski definition) is 2. The first kappa shape index (κ1) is 29.9. The van der Waals surface area contributed by atoms with Crippen molar-refractivity contribution < 1.29 is 33.0 Å². The number of nitrogen functional groups attached to an aromatic ring is 1. The number of nitrogens with zero attached hydrogens (tertiary/aromatic N) is 4. The molecule has 4 aromatic rings.